The molecule has 4 aromatic carbocycles. The molecule has 0 aliphatic carbocycles. The van der Waals surface area contributed by atoms with Crippen LogP contribution in [-0.4, -0.2) is 16.9 Å². The molecule has 0 amide bonds. The molecule has 1 aromatic heterocycles. The molecular formula is C32H26N3O+. The largest absolute Gasteiger partial charge is 0.359 e. The minimum Gasteiger partial charge on any atom is -0.258 e. The summed E-state index contributed by atoms with van der Waals surface area (Å²) in [5.74, 6) is 0.834. The summed E-state index contributed by atoms with van der Waals surface area (Å²) in [6, 6.07) is 38.8. The molecule has 36 heavy (non-hydrogen) atoms. The molecule has 174 valence electrons. The number of rotatable bonds is 6. The van der Waals surface area contributed by atoms with Crippen molar-refractivity contribution in [2.24, 2.45) is 0 Å². The molecule has 1 unspecified atom stereocenters. The lowest BCUT2D eigenvalue weighted by Gasteiger charge is -2.07. The van der Waals surface area contributed by atoms with Gasteiger partial charge in [-0.25, -0.2) is 9.78 Å². The first-order valence-corrected chi connectivity index (χ1v) is 12.2. The highest BCUT2D eigenvalue weighted by atomic mass is 16.2. The normalized spacial score (nSPS) is 14.3. The van der Waals surface area contributed by atoms with E-state index in [2.05, 4.69) is 53.8 Å². The first-order valence-electron chi connectivity index (χ1n) is 12.2. The topological polar surface area (TPSA) is 45.9 Å². The lowest BCUT2D eigenvalue weighted by atomic mass is 10.0. The zero-order valence-corrected chi connectivity index (χ0v) is 19.8. The zero-order valence-electron chi connectivity index (χ0n) is 19.8. The monoisotopic (exact) mass is 468 g/mol. The van der Waals surface area contributed by atoms with E-state index in [0.29, 0.717) is 12.8 Å². The number of nitrogens with zero attached hydrogens (tertiary/aromatic N) is 2. The lowest BCUT2D eigenvalue weighted by molar-refractivity contribution is -0.552. The fourth-order valence-corrected chi connectivity index (χ4v) is 4.77. The Morgan fingerprint density at radius 1 is 0.667 bits per heavy atom. The Hall–Kier alpha value is -4.57. The average Bonchev–Trinajstić information content (AvgIpc) is 3.26. The molecule has 5 aromatic rings. The number of aromatic nitrogens is 2. The number of nitrogens with one attached hydrogen (secondary N) is 1. The smallest absolute Gasteiger partial charge is 0.258 e. The summed E-state index contributed by atoms with van der Waals surface area (Å²) in [6.07, 6.45) is 3.13. The Labute approximate surface area is 210 Å². The quantitative estimate of drug-likeness (QED) is 0.312. The van der Waals surface area contributed by atoms with Crippen molar-refractivity contribution in [1.29, 1.82) is 0 Å². The number of hydrogen-bond acceptors (Lipinski definition) is 3. The van der Waals surface area contributed by atoms with Gasteiger partial charge in [-0.05, 0) is 22.3 Å². The van der Waals surface area contributed by atoms with Crippen molar-refractivity contribution < 1.29 is 9.36 Å². The third kappa shape index (κ3) is 4.41. The molecule has 0 saturated heterocycles. The van der Waals surface area contributed by atoms with Gasteiger partial charge in [0.15, 0.2) is 6.04 Å². The van der Waals surface area contributed by atoms with Crippen LogP contribution in [0.4, 0.5) is 5.82 Å². The molecule has 0 saturated carbocycles. The van der Waals surface area contributed by atoms with Crippen LogP contribution >= 0.6 is 0 Å². The molecule has 0 fully saturated rings. The predicted octanol–water partition coefficient (Wildman–Crippen LogP) is 5.97. The van der Waals surface area contributed by atoms with E-state index >= 15 is 0 Å². The summed E-state index contributed by atoms with van der Waals surface area (Å²) in [4.78, 5) is 18.5. The van der Waals surface area contributed by atoms with Crippen molar-refractivity contribution in [3.05, 3.63) is 138 Å². The van der Waals surface area contributed by atoms with Crippen molar-refractivity contribution in [3.8, 4) is 22.4 Å². The van der Waals surface area contributed by atoms with Gasteiger partial charge in [0.1, 0.15) is 17.6 Å². The lowest BCUT2D eigenvalue weighted by Crippen LogP contribution is -2.44. The van der Waals surface area contributed by atoms with E-state index < -0.39 is 0 Å². The highest BCUT2D eigenvalue weighted by Crippen LogP contribution is 2.26. The molecule has 1 aliphatic rings. The molecule has 0 spiro atoms. The SMILES string of the molecule is O=C1C(Cc2ccc(-c3ccccc3)cc2)Nc2c(Cc3ccccc3)nc(-c3ccccc3)c[n+]21. The number of benzene rings is 4. The maximum atomic E-state index is 13.6. The van der Waals surface area contributed by atoms with E-state index in [0.717, 1.165) is 33.9 Å². The molecular weight excluding hydrogens is 442 g/mol. The Balaban J connectivity index is 1.30. The molecule has 1 N–H and O–H groups in total. The third-order valence-corrected chi connectivity index (χ3v) is 6.65. The fraction of sp³-hybridized carbons (Fsp3) is 0.0938. The molecule has 4 heteroatoms. The zero-order chi connectivity index (χ0) is 24.3. The molecule has 1 aliphatic heterocycles. The van der Waals surface area contributed by atoms with Gasteiger partial charge in [-0.1, -0.05) is 115 Å². The maximum Gasteiger partial charge on any atom is 0.359 e. The second kappa shape index (κ2) is 9.59. The van der Waals surface area contributed by atoms with E-state index in [1.807, 2.05) is 72.9 Å². The second-order valence-corrected chi connectivity index (χ2v) is 9.12. The average molecular weight is 469 g/mol. The van der Waals surface area contributed by atoms with Gasteiger partial charge >= 0.3 is 11.7 Å². The molecule has 0 bridgehead atoms. The maximum absolute atomic E-state index is 13.6. The van der Waals surface area contributed by atoms with Gasteiger partial charge in [0.05, 0.1) is 0 Å². The molecule has 6 rings (SSSR count). The van der Waals surface area contributed by atoms with E-state index in [1.54, 1.807) is 4.57 Å². The number of fused-ring (bicyclic) bond motifs is 1. The van der Waals surface area contributed by atoms with Crippen LogP contribution < -0.4 is 9.88 Å². The Morgan fingerprint density at radius 3 is 1.92 bits per heavy atom. The third-order valence-electron chi connectivity index (χ3n) is 6.65. The molecule has 2 heterocycles. The van der Waals surface area contributed by atoms with Crippen molar-refractivity contribution in [1.82, 2.24) is 4.98 Å². The van der Waals surface area contributed by atoms with Gasteiger partial charge in [-0.3, -0.25) is 5.32 Å². The van der Waals surface area contributed by atoms with Gasteiger partial charge in [-0.2, -0.15) is 4.57 Å². The fourth-order valence-electron chi connectivity index (χ4n) is 4.77. The second-order valence-electron chi connectivity index (χ2n) is 9.12. The van der Waals surface area contributed by atoms with Gasteiger partial charge in [0.2, 0.25) is 0 Å². The van der Waals surface area contributed by atoms with E-state index in [4.69, 9.17) is 4.98 Å². The van der Waals surface area contributed by atoms with Gasteiger partial charge in [-0.15, -0.1) is 0 Å². The Kier molecular flexibility index (Phi) is 5.84. The van der Waals surface area contributed by atoms with Crippen LogP contribution in [0.1, 0.15) is 21.6 Å². The summed E-state index contributed by atoms with van der Waals surface area (Å²) in [7, 11) is 0. The van der Waals surface area contributed by atoms with E-state index in [1.165, 1.54) is 11.1 Å². The minimum atomic E-state index is -0.338. The molecule has 0 radical (unpaired) electrons. The van der Waals surface area contributed by atoms with E-state index in [-0.39, 0.29) is 11.9 Å². The van der Waals surface area contributed by atoms with Gasteiger partial charge < -0.3 is 0 Å². The summed E-state index contributed by atoms with van der Waals surface area (Å²) >= 11 is 0. The van der Waals surface area contributed by atoms with Crippen LogP contribution in [0.25, 0.3) is 22.4 Å². The van der Waals surface area contributed by atoms with Crippen LogP contribution in [0.3, 0.4) is 0 Å². The van der Waals surface area contributed by atoms with Crippen molar-refractivity contribution >= 4 is 11.7 Å². The van der Waals surface area contributed by atoms with Crippen molar-refractivity contribution in [2.45, 2.75) is 18.9 Å². The first kappa shape index (κ1) is 21.9. The van der Waals surface area contributed by atoms with Crippen LogP contribution in [0.15, 0.2) is 121 Å². The van der Waals surface area contributed by atoms with Crippen LogP contribution in [0.2, 0.25) is 0 Å². The molecule has 1 atom stereocenters. The highest BCUT2D eigenvalue weighted by molar-refractivity contribution is 5.83. The minimum absolute atomic E-state index is 0.0472. The first-order chi connectivity index (χ1) is 17.7. The number of carbonyl (C=O) groups is 1. The number of anilines is 1. The van der Waals surface area contributed by atoms with Crippen LogP contribution in [0.5, 0.6) is 0 Å². The van der Waals surface area contributed by atoms with Gasteiger partial charge in [0, 0.05) is 18.4 Å². The summed E-state index contributed by atoms with van der Waals surface area (Å²) in [6.45, 7) is 0. The van der Waals surface area contributed by atoms with Gasteiger partial charge in [0.25, 0.3) is 0 Å². The Morgan fingerprint density at radius 2 is 1.25 bits per heavy atom. The summed E-state index contributed by atoms with van der Waals surface area (Å²) in [5, 5.41) is 3.50. The van der Waals surface area contributed by atoms with Crippen LogP contribution in [0, 0.1) is 0 Å². The van der Waals surface area contributed by atoms with Crippen molar-refractivity contribution in [3.63, 3.8) is 0 Å². The number of hydrogen-bond donors (Lipinski definition) is 1. The summed E-state index contributed by atoms with van der Waals surface area (Å²) < 4.78 is 1.76. The summed E-state index contributed by atoms with van der Waals surface area (Å²) in [5.41, 5.74) is 7.31. The van der Waals surface area contributed by atoms with E-state index in [9.17, 15) is 4.79 Å². The highest BCUT2D eigenvalue weighted by Gasteiger charge is 2.41. The van der Waals surface area contributed by atoms with Crippen molar-refractivity contribution in [2.75, 3.05) is 5.32 Å². The van der Waals surface area contributed by atoms with Crippen LogP contribution in [-0.2, 0) is 12.8 Å². The number of carbonyl (C=O) groups excluding carboxylic acids is 1. The Bertz CT molecular complexity index is 1500. The standard InChI is InChI=1S/C32H25N3O/c36-32-29(21-24-16-18-26(19-17-24)25-12-6-2-7-13-25)34-31-28(20-23-10-4-1-5-11-23)33-30(22-35(31)32)27-14-8-3-9-15-27/h1-19,22,29H,20-21H2/p+1. The molecule has 4 nitrogen and oxygen atoms in total. The predicted molar refractivity (Wildman–Crippen MR) is 143 cm³/mol.